The Morgan fingerprint density at radius 2 is 2.12 bits per heavy atom. The van der Waals surface area contributed by atoms with E-state index in [1.165, 1.54) is 12.3 Å². The summed E-state index contributed by atoms with van der Waals surface area (Å²) in [6.45, 7) is 3.25. The molecule has 1 aromatic carbocycles. The van der Waals surface area contributed by atoms with Gasteiger partial charge in [-0.2, -0.15) is 0 Å². The quantitative estimate of drug-likeness (QED) is 0.428. The highest BCUT2D eigenvalue weighted by atomic mass is 32.2. The van der Waals surface area contributed by atoms with Crippen molar-refractivity contribution in [2.75, 3.05) is 35.6 Å². The predicted molar refractivity (Wildman–Crippen MR) is 116 cm³/mol. The van der Waals surface area contributed by atoms with Gasteiger partial charge in [-0.1, -0.05) is 6.92 Å². The molecule has 0 saturated carbocycles. The molecule has 176 valence electrons. The molecule has 1 amide bonds. The van der Waals surface area contributed by atoms with Gasteiger partial charge in [0.15, 0.2) is 11.5 Å². The Morgan fingerprint density at radius 1 is 1.33 bits per heavy atom. The molecule has 3 N–H and O–H groups in total. The van der Waals surface area contributed by atoms with Gasteiger partial charge in [-0.3, -0.25) is 14.6 Å². The number of carbonyl (C=O) groups is 1. The lowest BCUT2D eigenvalue weighted by Gasteiger charge is -2.25. The zero-order valence-electron chi connectivity index (χ0n) is 17.5. The van der Waals surface area contributed by atoms with Crippen molar-refractivity contribution >= 4 is 38.3 Å². The van der Waals surface area contributed by atoms with Gasteiger partial charge in [0.1, 0.15) is 11.4 Å². The summed E-state index contributed by atoms with van der Waals surface area (Å²) in [4.78, 5) is 16.8. The Kier molecular flexibility index (Phi) is 6.42. The number of aromatic amines is 1. The average Bonchev–Trinajstić information content (AvgIpc) is 3.11. The fourth-order valence-corrected chi connectivity index (χ4v) is 4.29. The van der Waals surface area contributed by atoms with E-state index < -0.39 is 38.8 Å². The fourth-order valence-electron chi connectivity index (χ4n) is 3.16. The van der Waals surface area contributed by atoms with Crippen LogP contribution in [-0.4, -0.2) is 55.1 Å². The molecule has 0 radical (unpaired) electrons. The highest BCUT2D eigenvalue weighted by molar-refractivity contribution is 7.92. The van der Waals surface area contributed by atoms with E-state index in [1.807, 2.05) is 4.72 Å². The van der Waals surface area contributed by atoms with E-state index in [1.54, 1.807) is 6.92 Å². The first-order chi connectivity index (χ1) is 15.8. The van der Waals surface area contributed by atoms with E-state index in [4.69, 9.17) is 9.47 Å². The summed E-state index contributed by atoms with van der Waals surface area (Å²) in [6.07, 6.45) is 1.58. The second kappa shape index (κ2) is 9.27. The Hall–Kier alpha value is -3.32. The van der Waals surface area contributed by atoms with Crippen LogP contribution in [0.25, 0.3) is 11.0 Å². The predicted octanol–water partition coefficient (Wildman–Crippen LogP) is 2.67. The number of anilines is 2. The maximum absolute atomic E-state index is 14.9. The average molecular weight is 481 g/mol. The van der Waals surface area contributed by atoms with Gasteiger partial charge < -0.3 is 14.8 Å². The lowest BCUT2D eigenvalue weighted by Crippen LogP contribution is -2.32. The molecule has 1 aliphatic rings. The standard InChI is InChI=1S/C20H21F2N5O5S/c1-2-5-33(29,30)27-15-4-3-14(21)16(17(15)22)19(28)24-12-6-13-18(23-7-12)25-26-20(13)32-10-11-8-31-9-11/h3-4,6-7,11,27H,2,5,8-10H2,1H3,(H,24,28)(H,23,25,26). The van der Waals surface area contributed by atoms with Crippen molar-refractivity contribution in [1.82, 2.24) is 15.2 Å². The van der Waals surface area contributed by atoms with Crippen LogP contribution < -0.4 is 14.8 Å². The molecule has 0 atom stereocenters. The summed E-state index contributed by atoms with van der Waals surface area (Å²) in [7, 11) is -3.84. The van der Waals surface area contributed by atoms with Crippen LogP contribution in [-0.2, 0) is 14.8 Å². The number of nitrogens with zero attached hydrogens (tertiary/aromatic N) is 2. The SMILES string of the molecule is CCCS(=O)(=O)Nc1ccc(F)c(C(=O)Nc2cnc3[nH]nc(OCC4COC4)c3c2)c1F. The van der Waals surface area contributed by atoms with E-state index in [2.05, 4.69) is 20.5 Å². The maximum atomic E-state index is 14.9. The molecular formula is C20H21F2N5O5S. The molecule has 3 heterocycles. The largest absolute Gasteiger partial charge is 0.476 e. The minimum Gasteiger partial charge on any atom is -0.476 e. The monoisotopic (exact) mass is 481 g/mol. The molecule has 4 rings (SSSR count). The summed E-state index contributed by atoms with van der Waals surface area (Å²) in [5.41, 5.74) is -0.909. The Bertz CT molecular complexity index is 1290. The minimum atomic E-state index is -3.84. The van der Waals surface area contributed by atoms with Crippen LogP contribution in [0.5, 0.6) is 5.88 Å². The second-order valence-electron chi connectivity index (χ2n) is 7.52. The van der Waals surface area contributed by atoms with Gasteiger partial charge in [-0.25, -0.2) is 22.2 Å². The summed E-state index contributed by atoms with van der Waals surface area (Å²) < 4.78 is 65.9. The van der Waals surface area contributed by atoms with Crippen LogP contribution in [0, 0.1) is 17.6 Å². The van der Waals surface area contributed by atoms with Crippen molar-refractivity contribution in [2.24, 2.45) is 5.92 Å². The molecule has 10 nitrogen and oxygen atoms in total. The third kappa shape index (κ3) is 5.03. The highest BCUT2D eigenvalue weighted by Crippen LogP contribution is 2.27. The number of carbonyl (C=O) groups excluding carboxylic acids is 1. The van der Waals surface area contributed by atoms with Crippen LogP contribution in [0.2, 0.25) is 0 Å². The smallest absolute Gasteiger partial charge is 0.261 e. The molecule has 1 fully saturated rings. The van der Waals surface area contributed by atoms with Gasteiger partial charge >= 0.3 is 0 Å². The van der Waals surface area contributed by atoms with E-state index in [9.17, 15) is 22.0 Å². The lowest BCUT2D eigenvalue weighted by molar-refractivity contribution is -0.0512. The van der Waals surface area contributed by atoms with Crippen LogP contribution in [0.1, 0.15) is 23.7 Å². The number of pyridine rings is 1. The summed E-state index contributed by atoms with van der Waals surface area (Å²) in [6, 6.07) is 3.24. The zero-order valence-corrected chi connectivity index (χ0v) is 18.3. The van der Waals surface area contributed by atoms with Gasteiger partial charge in [0.2, 0.25) is 15.9 Å². The van der Waals surface area contributed by atoms with Crippen molar-refractivity contribution < 1.29 is 31.5 Å². The van der Waals surface area contributed by atoms with Gasteiger partial charge in [-0.15, -0.1) is 5.10 Å². The molecule has 0 bridgehead atoms. The number of nitrogens with one attached hydrogen (secondary N) is 3. The molecule has 3 aromatic rings. The maximum Gasteiger partial charge on any atom is 0.261 e. The number of hydrogen-bond acceptors (Lipinski definition) is 7. The number of benzene rings is 1. The lowest BCUT2D eigenvalue weighted by atomic mass is 10.1. The number of aromatic nitrogens is 3. The van der Waals surface area contributed by atoms with Crippen LogP contribution >= 0.6 is 0 Å². The van der Waals surface area contributed by atoms with Gasteiger partial charge in [-0.05, 0) is 24.6 Å². The number of ether oxygens (including phenoxy) is 2. The Balaban J connectivity index is 1.55. The van der Waals surface area contributed by atoms with E-state index in [-0.39, 0.29) is 23.2 Å². The van der Waals surface area contributed by atoms with Crippen molar-refractivity contribution in [2.45, 2.75) is 13.3 Å². The second-order valence-corrected chi connectivity index (χ2v) is 9.36. The third-order valence-corrected chi connectivity index (χ3v) is 6.34. The van der Waals surface area contributed by atoms with E-state index >= 15 is 0 Å². The summed E-state index contributed by atoms with van der Waals surface area (Å²) in [5.74, 6) is -3.30. The van der Waals surface area contributed by atoms with Crippen LogP contribution in [0.15, 0.2) is 24.4 Å². The van der Waals surface area contributed by atoms with Gasteiger partial charge in [0.25, 0.3) is 5.91 Å². The number of hydrogen-bond donors (Lipinski definition) is 3. The van der Waals surface area contributed by atoms with Crippen molar-refractivity contribution in [3.05, 3.63) is 41.6 Å². The molecular weight excluding hydrogens is 460 g/mol. The third-order valence-electron chi connectivity index (χ3n) is 4.86. The Labute approximate surface area is 187 Å². The molecule has 2 aromatic heterocycles. The van der Waals surface area contributed by atoms with Crippen molar-refractivity contribution in [1.29, 1.82) is 0 Å². The number of halogens is 2. The zero-order chi connectivity index (χ0) is 23.6. The molecule has 1 aliphatic heterocycles. The minimum absolute atomic E-state index is 0.140. The van der Waals surface area contributed by atoms with Crippen molar-refractivity contribution in [3.63, 3.8) is 0 Å². The number of H-pyrrole nitrogens is 1. The first kappa shape index (κ1) is 22.9. The van der Waals surface area contributed by atoms with Crippen molar-refractivity contribution in [3.8, 4) is 5.88 Å². The molecule has 0 unspecified atom stereocenters. The molecule has 0 aliphatic carbocycles. The van der Waals surface area contributed by atoms with Crippen LogP contribution in [0.3, 0.4) is 0 Å². The molecule has 33 heavy (non-hydrogen) atoms. The van der Waals surface area contributed by atoms with Crippen LogP contribution in [0.4, 0.5) is 20.2 Å². The topological polar surface area (TPSA) is 135 Å². The summed E-state index contributed by atoms with van der Waals surface area (Å²) >= 11 is 0. The number of fused-ring (bicyclic) bond motifs is 1. The molecule has 13 heteroatoms. The Morgan fingerprint density at radius 3 is 2.82 bits per heavy atom. The summed E-state index contributed by atoms with van der Waals surface area (Å²) in [5, 5.41) is 9.59. The fraction of sp³-hybridized carbons (Fsp3) is 0.350. The van der Waals surface area contributed by atoms with E-state index in [0.717, 1.165) is 12.1 Å². The van der Waals surface area contributed by atoms with E-state index in [0.29, 0.717) is 37.3 Å². The highest BCUT2D eigenvalue weighted by Gasteiger charge is 2.24. The molecule has 0 spiro atoms. The van der Waals surface area contributed by atoms with Gasteiger partial charge in [0, 0.05) is 5.92 Å². The first-order valence-electron chi connectivity index (χ1n) is 10.1. The number of rotatable bonds is 9. The molecule has 1 saturated heterocycles. The van der Waals surface area contributed by atoms with Gasteiger partial charge in [0.05, 0.1) is 48.5 Å². The normalized spacial score (nSPS) is 14.2. The first-order valence-corrected chi connectivity index (χ1v) is 11.8. The number of amides is 1. The number of sulfonamides is 1.